The number of H-pyrrole nitrogens is 1. The number of halogens is 1. The summed E-state index contributed by atoms with van der Waals surface area (Å²) in [6.45, 7) is -1.59. The number of rotatable bonds is 2. The van der Waals surface area contributed by atoms with Crippen molar-refractivity contribution < 1.29 is 56.2 Å². The highest BCUT2D eigenvalue weighted by Gasteiger charge is 2.53. The lowest BCUT2D eigenvalue weighted by molar-refractivity contribution is -0.0591. The van der Waals surface area contributed by atoms with Crippen LogP contribution in [0, 0.1) is 0 Å². The summed E-state index contributed by atoms with van der Waals surface area (Å²) in [5.74, 6) is -0.253. The molecule has 3 aliphatic heterocycles. The molecule has 4 aromatic heterocycles. The number of hydrogen-bond donors (Lipinski definition) is 6. The molecule has 0 saturated carbocycles. The van der Waals surface area contributed by atoms with Crippen LogP contribution < -0.4 is 17.0 Å². The number of nitrogen functional groups attached to an aromatic ring is 2. The van der Waals surface area contributed by atoms with Crippen molar-refractivity contribution in [3.8, 4) is 0 Å². The normalized spacial score (nSPS) is 37.4. The highest BCUT2D eigenvalue weighted by molar-refractivity contribution is 7.52. The van der Waals surface area contributed by atoms with Crippen molar-refractivity contribution in [2.24, 2.45) is 0 Å². The van der Waals surface area contributed by atoms with Crippen molar-refractivity contribution in [1.82, 2.24) is 39.0 Å². The second-order valence-electron chi connectivity index (χ2n) is 10.5. The van der Waals surface area contributed by atoms with Crippen LogP contribution in [0.2, 0.25) is 0 Å². The molecular weight excluding hydrogens is 665 g/mol. The molecule has 0 radical (unpaired) electrons. The summed E-state index contributed by atoms with van der Waals surface area (Å²) in [7, 11) is -9.77. The van der Waals surface area contributed by atoms with Gasteiger partial charge in [0.05, 0.1) is 25.9 Å². The zero-order valence-corrected chi connectivity index (χ0v) is 24.8. The minimum Gasteiger partial charge on any atom is -0.386 e. The Kier molecular flexibility index (Phi) is 7.68. The van der Waals surface area contributed by atoms with E-state index in [0.29, 0.717) is 0 Å². The largest absolute Gasteiger partial charge is 0.472 e. The van der Waals surface area contributed by atoms with Gasteiger partial charge in [-0.05, 0) is 0 Å². The van der Waals surface area contributed by atoms with E-state index in [9.17, 15) is 28.8 Å². The number of aromatic amines is 1. The molecule has 0 amide bonds. The summed E-state index contributed by atoms with van der Waals surface area (Å²) >= 11 is 0. The van der Waals surface area contributed by atoms with Crippen LogP contribution in [0.5, 0.6) is 0 Å². The van der Waals surface area contributed by atoms with E-state index in [0.717, 1.165) is 17.2 Å². The number of fused-ring (bicyclic) bond motifs is 4. The number of imidazole rings is 2. The van der Waals surface area contributed by atoms with Gasteiger partial charge < -0.3 is 45.1 Å². The molecule has 0 aliphatic carbocycles. The monoisotopic (exact) mass is 690 g/mol. The third-order valence-corrected chi connectivity index (χ3v) is 9.50. The van der Waals surface area contributed by atoms with Crippen LogP contribution in [-0.4, -0.2) is 110 Å². The van der Waals surface area contributed by atoms with Gasteiger partial charge in [-0.25, -0.2) is 28.9 Å². The minimum atomic E-state index is -5.10. The zero-order valence-electron chi connectivity index (χ0n) is 23.0. The average Bonchev–Trinajstić information content (AvgIpc) is 3.75. The van der Waals surface area contributed by atoms with Gasteiger partial charge in [0.1, 0.15) is 48.7 Å². The molecule has 0 bridgehead atoms. The Hall–Kier alpha value is -3.47. The SMILES string of the molecule is Nc1nc2c(ncn2[C@@H]2O[C@@H]3COP(=O)(O)OC4[C@@H](COP(=O)(O)COC3[C@@H]2F)O[C@@H](n2cnc3c(N)ncnc32)[C@H]4O)c(=O)[nH]1. The highest BCUT2D eigenvalue weighted by atomic mass is 31.2. The van der Waals surface area contributed by atoms with Crippen LogP contribution >= 0.6 is 15.4 Å². The molecule has 22 nitrogen and oxygen atoms in total. The molecule has 3 saturated heterocycles. The molecule has 3 aliphatic rings. The van der Waals surface area contributed by atoms with Crippen molar-refractivity contribution in [2.45, 2.75) is 49.1 Å². The Labute approximate surface area is 254 Å². The molecule has 4 unspecified atom stereocenters. The Bertz CT molecular complexity index is 1960. The quantitative estimate of drug-likeness (QED) is 0.133. The van der Waals surface area contributed by atoms with Crippen LogP contribution in [0.4, 0.5) is 16.2 Å². The maximum atomic E-state index is 15.9. The molecule has 248 valence electrons. The van der Waals surface area contributed by atoms with Crippen LogP contribution in [0.15, 0.2) is 23.8 Å². The number of phosphoric ester groups is 1. The lowest BCUT2D eigenvalue weighted by Crippen LogP contribution is -2.36. The molecule has 0 aromatic carbocycles. The first-order valence-electron chi connectivity index (χ1n) is 13.3. The Balaban J connectivity index is 1.16. The first-order valence-corrected chi connectivity index (χ1v) is 16.6. The van der Waals surface area contributed by atoms with Crippen molar-refractivity contribution in [3.05, 3.63) is 29.3 Å². The predicted molar refractivity (Wildman–Crippen MR) is 147 cm³/mol. The fraction of sp³-hybridized carbons (Fsp3) is 0.524. The van der Waals surface area contributed by atoms with Crippen LogP contribution in [0.3, 0.4) is 0 Å². The number of nitrogens with zero attached hydrogens (tertiary/aromatic N) is 7. The third kappa shape index (κ3) is 5.48. The van der Waals surface area contributed by atoms with E-state index < -0.39 is 89.7 Å². The number of aromatic nitrogens is 8. The summed E-state index contributed by atoms with van der Waals surface area (Å²) < 4.78 is 76.8. The van der Waals surface area contributed by atoms with Gasteiger partial charge >= 0.3 is 15.4 Å². The van der Waals surface area contributed by atoms with Gasteiger partial charge in [0.2, 0.25) is 5.95 Å². The number of nitrogens with one attached hydrogen (secondary N) is 1. The molecular formula is C21H25FN10O12P2. The van der Waals surface area contributed by atoms with Gasteiger partial charge in [-0.15, -0.1) is 0 Å². The molecule has 8 N–H and O–H groups in total. The lowest BCUT2D eigenvalue weighted by atomic mass is 10.1. The predicted octanol–water partition coefficient (Wildman–Crippen LogP) is -1.32. The van der Waals surface area contributed by atoms with Crippen molar-refractivity contribution in [3.63, 3.8) is 0 Å². The van der Waals surface area contributed by atoms with Crippen molar-refractivity contribution in [1.29, 1.82) is 0 Å². The number of alkyl halides is 1. The van der Waals surface area contributed by atoms with Gasteiger partial charge in [-0.3, -0.25) is 32.5 Å². The number of aliphatic hydroxyl groups excluding tert-OH is 1. The third-order valence-electron chi connectivity index (χ3n) is 7.49. The first-order chi connectivity index (χ1) is 21.8. The smallest absolute Gasteiger partial charge is 0.386 e. The fourth-order valence-electron chi connectivity index (χ4n) is 5.41. The number of hydrogen-bond acceptors (Lipinski definition) is 17. The van der Waals surface area contributed by atoms with Gasteiger partial charge in [0.25, 0.3) is 5.56 Å². The molecule has 3 fully saturated rings. The van der Waals surface area contributed by atoms with Gasteiger partial charge in [0, 0.05) is 0 Å². The topological polar surface area (TPSA) is 309 Å². The first kappa shape index (κ1) is 31.1. The van der Waals surface area contributed by atoms with E-state index >= 15 is 4.39 Å². The number of ether oxygens (including phenoxy) is 3. The van der Waals surface area contributed by atoms with E-state index in [4.69, 9.17) is 39.2 Å². The van der Waals surface area contributed by atoms with Gasteiger partial charge in [-0.2, -0.15) is 4.98 Å². The standard InChI is InChI=1S/C21H25FN10O12P2/c22-9-13-7(42-19(9)32-5-28-11-17(32)29-21(24)30-18(11)34)2-41-46(37,38)44-14-8(1-40-45(35,36)6-39-13)43-20(12(14)33)31-4-27-10-15(23)25-3-26-16(10)31/h3-5,7-9,12-14,19-20,33H,1-2,6H2,(H,35,36)(H,37,38)(H2,23,25,26)(H3,24,29,30,34)/t7-,8-,9+,12+,13?,14?,19-,20-/m1/s1. The van der Waals surface area contributed by atoms with E-state index in [1.165, 1.54) is 10.9 Å². The summed E-state index contributed by atoms with van der Waals surface area (Å²) in [5.41, 5.74) is 10.7. The Morgan fingerprint density at radius 1 is 0.935 bits per heavy atom. The van der Waals surface area contributed by atoms with E-state index in [2.05, 4.69) is 29.9 Å². The van der Waals surface area contributed by atoms with Crippen LogP contribution in [0.25, 0.3) is 22.3 Å². The highest BCUT2D eigenvalue weighted by Crippen LogP contribution is 2.52. The number of aliphatic hydroxyl groups is 1. The summed E-state index contributed by atoms with van der Waals surface area (Å²) in [6.07, 6.45) is -10.6. The summed E-state index contributed by atoms with van der Waals surface area (Å²) in [4.78, 5) is 55.5. The molecule has 46 heavy (non-hydrogen) atoms. The van der Waals surface area contributed by atoms with Crippen molar-refractivity contribution >= 4 is 49.5 Å². The Morgan fingerprint density at radius 3 is 2.39 bits per heavy atom. The number of nitrogens with two attached hydrogens (primary N) is 2. The van der Waals surface area contributed by atoms with Gasteiger partial charge in [0.15, 0.2) is 41.3 Å². The Morgan fingerprint density at radius 2 is 1.61 bits per heavy atom. The maximum absolute atomic E-state index is 15.9. The second-order valence-corrected chi connectivity index (χ2v) is 13.6. The number of phosphoric acid groups is 1. The van der Waals surface area contributed by atoms with E-state index in [1.54, 1.807) is 0 Å². The maximum Gasteiger partial charge on any atom is 0.472 e. The van der Waals surface area contributed by atoms with E-state index in [-0.39, 0.29) is 34.1 Å². The number of anilines is 2. The molecule has 25 heteroatoms. The minimum absolute atomic E-state index is 0.0355. The van der Waals surface area contributed by atoms with Gasteiger partial charge in [-0.1, -0.05) is 0 Å². The summed E-state index contributed by atoms with van der Waals surface area (Å²) in [5, 5.41) is 11.2. The molecule has 4 aromatic rings. The molecule has 7 rings (SSSR count). The lowest BCUT2D eigenvalue weighted by Gasteiger charge is -2.24. The second kappa shape index (κ2) is 11.3. The molecule has 7 heterocycles. The fourth-order valence-corrected chi connectivity index (χ4v) is 7.19. The zero-order chi connectivity index (χ0) is 32.5. The van der Waals surface area contributed by atoms with Crippen LogP contribution in [0.1, 0.15) is 12.5 Å². The summed E-state index contributed by atoms with van der Waals surface area (Å²) in [6, 6.07) is 0. The average molecular weight is 690 g/mol. The van der Waals surface area contributed by atoms with E-state index in [1.807, 2.05) is 0 Å². The van der Waals surface area contributed by atoms with Crippen molar-refractivity contribution in [2.75, 3.05) is 31.0 Å². The molecule has 10 atom stereocenters. The van der Waals surface area contributed by atoms with Crippen LogP contribution in [-0.2, 0) is 36.9 Å². The molecule has 0 spiro atoms.